The highest BCUT2D eigenvalue weighted by Gasteiger charge is 2.24. The number of aromatic nitrogens is 3. The van der Waals surface area contributed by atoms with E-state index in [1.54, 1.807) is 12.1 Å². The van der Waals surface area contributed by atoms with E-state index in [4.69, 9.17) is 21.1 Å². The number of nitrogens with one attached hydrogen (secondary N) is 1. The van der Waals surface area contributed by atoms with Crippen molar-refractivity contribution in [1.82, 2.24) is 25.0 Å². The van der Waals surface area contributed by atoms with Crippen LogP contribution in [-0.4, -0.2) is 84.1 Å². The molecule has 0 bridgehead atoms. The summed E-state index contributed by atoms with van der Waals surface area (Å²) in [6.07, 6.45) is 0. The maximum absolute atomic E-state index is 15.8. The first-order chi connectivity index (χ1) is 17.2. The second kappa shape index (κ2) is 10.9. The number of methoxy groups -OCH3 is 1. The van der Waals surface area contributed by atoms with Gasteiger partial charge in [-0.1, -0.05) is 18.5 Å². The van der Waals surface area contributed by atoms with Crippen LogP contribution in [0.2, 0.25) is 5.02 Å². The molecule has 10 heteroatoms. The van der Waals surface area contributed by atoms with Crippen LogP contribution in [0.15, 0.2) is 24.3 Å². The highest BCUT2D eigenvalue weighted by molar-refractivity contribution is 6.32. The van der Waals surface area contributed by atoms with Crippen LogP contribution in [0.25, 0.3) is 33.1 Å². The predicted molar refractivity (Wildman–Crippen MR) is 141 cm³/mol. The molecule has 0 aliphatic heterocycles. The number of phenols is 1. The van der Waals surface area contributed by atoms with Gasteiger partial charge in [-0.2, -0.15) is 5.10 Å². The number of likely N-dealkylation sites (N-methyl/N-ethyl adjacent to an activating group) is 2. The van der Waals surface area contributed by atoms with E-state index in [0.29, 0.717) is 52.3 Å². The number of hydrogen-bond donors (Lipinski definition) is 2. The zero-order valence-corrected chi connectivity index (χ0v) is 21.9. The van der Waals surface area contributed by atoms with E-state index < -0.39 is 5.82 Å². The number of H-pyrrole nitrogens is 1. The Kier molecular flexibility index (Phi) is 7.82. The number of fused-ring (bicyclic) bond motifs is 3. The molecule has 36 heavy (non-hydrogen) atoms. The Labute approximate surface area is 214 Å². The average molecular weight is 516 g/mol. The lowest BCUT2D eigenvalue weighted by molar-refractivity contribution is 0.197. The molecule has 2 aromatic heterocycles. The molecule has 8 nitrogen and oxygen atoms in total. The van der Waals surface area contributed by atoms with Crippen molar-refractivity contribution >= 4 is 33.4 Å². The number of aryl methyl sites for hydroxylation is 1. The lowest BCUT2D eigenvalue weighted by Gasteiger charge is -2.23. The number of aromatic hydroxyl groups is 1. The minimum absolute atomic E-state index is 0.0677. The van der Waals surface area contributed by atoms with Gasteiger partial charge in [-0.05, 0) is 45.8 Å². The highest BCUT2D eigenvalue weighted by atomic mass is 35.5. The van der Waals surface area contributed by atoms with Crippen molar-refractivity contribution in [2.75, 3.05) is 54.0 Å². The van der Waals surface area contributed by atoms with Crippen molar-refractivity contribution in [3.63, 3.8) is 0 Å². The number of benzene rings is 2. The van der Waals surface area contributed by atoms with Crippen LogP contribution in [-0.2, 0) is 0 Å². The topological polar surface area (TPSA) is 86.7 Å². The summed E-state index contributed by atoms with van der Waals surface area (Å²) < 4.78 is 27.7. The van der Waals surface area contributed by atoms with E-state index in [2.05, 4.69) is 31.9 Å². The fourth-order valence-corrected chi connectivity index (χ4v) is 4.44. The van der Waals surface area contributed by atoms with Gasteiger partial charge in [0.1, 0.15) is 18.2 Å². The molecule has 0 saturated carbocycles. The summed E-state index contributed by atoms with van der Waals surface area (Å²) in [7, 11) is 5.62. The van der Waals surface area contributed by atoms with Crippen LogP contribution < -0.4 is 9.47 Å². The van der Waals surface area contributed by atoms with Gasteiger partial charge in [-0.3, -0.25) is 10.00 Å². The van der Waals surface area contributed by atoms with Gasteiger partial charge >= 0.3 is 0 Å². The summed E-state index contributed by atoms with van der Waals surface area (Å²) in [4.78, 5) is 9.04. The summed E-state index contributed by atoms with van der Waals surface area (Å²) in [5, 5.41) is 18.7. The Balaban J connectivity index is 1.81. The van der Waals surface area contributed by atoms with E-state index in [1.165, 1.54) is 19.2 Å². The van der Waals surface area contributed by atoms with Gasteiger partial charge in [0.2, 0.25) is 0 Å². The number of ether oxygens (including phenoxy) is 2. The third-order valence-corrected chi connectivity index (χ3v) is 6.53. The molecule has 192 valence electrons. The molecule has 0 aliphatic carbocycles. The smallest absolute Gasteiger partial charge is 0.182 e. The van der Waals surface area contributed by atoms with Crippen molar-refractivity contribution in [2.45, 2.75) is 13.8 Å². The average Bonchev–Trinajstić information content (AvgIpc) is 3.22. The second-order valence-electron chi connectivity index (χ2n) is 8.90. The van der Waals surface area contributed by atoms with Gasteiger partial charge in [0, 0.05) is 47.7 Å². The van der Waals surface area contributed by atoms with Crippen LogP contribution in [0.4, 0.5) is 4.39 Å². The van der Waals surface area contributed by atoms with Gasteiger partial charge < -0.3 is 19.5 Å². The van der Waals surface area contributed by atoms with Crippen molar-refractivity contribution in [3.05, 3.63) is 40.8 Å². The number of nitrogens with zero attached hydrogens (tertiary/aromatic N) is 4. The van der Waals surface area contributed by atoms with E-state index in [0.717, 1.165) is 25.3 Å². The summed E-state index contributed by atoms with van der Waals surface area (Å²) in [5.74, 6) is 0.150. The monoisotopic (exact) mass is 515 g/mol. The Morgan fingerprint density at radius 1 is 1.11 bits per heavy atom. The molecule has 2 N–H and O–H groups in total. The van der Waals surface area contributed by atoms with Crippen molar-refractivity contribution in [3.8, 4) is 28.5 Å². The van der Waals surface area contributed by atoms with Gasteiger partial charge in [0.25, 0.3) is 0 Å². The third kappa shape index (κ3) is 5.04. The predicted octanol–water partition coefficient (Wildman–Crippen LogP) is 4.86. The summed E-state index contributed by atoms with van der Waals surface area (Å²) >= 11 is 6.15. The normalized spacial score (nSPS) is 11.8. The first kappa shape index (κ1) is 25.9. The maximum atomic E-state index is 15.8. The molecule has 0 atom stereocenters. The zero-order valence-electron chi connectivity index (χ0n) is 21.2. The first-order valence-electron chi connectivity index (χ1n) is 11.8. The number of rotatable bonds is 10. The van der Waals surface area contributed by atoms with Gasteiger partial charge in [0.05, 0.1) is 23.2 Å². The lowest BCUT2D eigenvalue weighted by Crippen LogP contribution is -2.34. The molecular formula is C26H31ClFN5O3. The Morgan fingerprint density at radius 2 is 1.89 bits per heavy atom. The molecule has 2 aromatic carbocycles. The van der Waals surface area contributed by atoms with Crippen LogP contribution in [0.5, 0.6) is 17.2 Å². The molecule has 0 saturated heterocycles. The summed E-state index contributed by atoms with van der Waals surface area (Å²) in [5.41, 5.74) is 2.02. The Bertz CT molecular complexity index is 1390. The molecule has 0 radical (unpaired) electrons. The number of aromatic amines is 1. The molecule has 4 aromatic rings. The van der Waals surface area contributed by atoms with E-state index in [9.17, 15) is 5.11 Å². The molecular weight excluding hydrogens is 485 g/mol. The van der Waals surface area contributed by atoms with E-state index >= 15 is 4.39 Å². The number of halogens is 2. The molecule has 0 fully saturated rings. The number of pyridine rings is 1. The van der Waals surface area contributed by atoms with Gasteiger partial charge in [0.15, 0.2) is 17.1 Å². The SMILES string of the molecule is CCN(CCOc1cc(F)c2c(-c3ccc(O)c(Cl)c3)nc3n[nH]c(C)c3c2c1OC)CCN(C)C. The maximum Gasteiger partial charge on any atom is 0.182 e. The second-order valence-corrected chi connectivity index (χ2v) is 9.31. The largest absolute Gasteiger partial charge is 0.506 e. The van der Waals surface area contributed by atoms with Crippen LogP contribution in [0.3, 0.4) is 0 Å². The first-order valence-corrected chi connectivity index (χ1v) is 12.2. The molecule has 0 amide bonds. The van der Waals surface area contributed by atoms with Gasteiger partial charge in [-0.25, -0.2) is 9.37 Å². The molecule has 0 unspecified atom stereocenters. The van der Waals surface area contributed by atoms with E-state index in [1.807, 2.05) is 21.0 Å². The quantitative estimate of drug-likeness (QED) is 0.312. The van der Waals surface area contributed by atoms with Crippen molar-refractivity contribution in [1.29, 1.82) is 0 Å². The lowest BCUT2D eigenvalue weighted by atomic mass is 9.99. The third-order valence-electron chi connectivity index (χ3n) is 6.23. The Morgan fingerprint density at radius 3 is 2.56 bits per heavy atom. The molecule has 2 heterocycles. The molecule has 0 aliphatic rings. The number of hydrogen-bond acceptors (Lipinski definition) is 7. The van der Waals surface area contributed by atoms with Crippen LogP contribution in [0.1, 0.15) is 12.6 Å². The minimum Gasteiger partial charge on any atom is -0.506 e. The standard InChI is InChI=1S/C26H31ClFN5O3/c1-6-33(10-9-32(3)4)11-12-36-20-14-18(28)22-23(25(20)35-5)21-15(2)30-31-26(21)29-24(22)16-7-8-19(34)17(27)13-16/h7-8,13-14,34H,6,9-12H2,1-5H3,(H,29,30,31). The number of phenolic OH excluding ortho intramolecular Hbond substituents is 1. The van der Waals surface area contributed by atoms with Crippen molar-refractivity contribution < 1.29 is 19.0 Å². The minimum atomic E-state index is -0.505. The fourth-order valence-electron chi connectivity index (χ4n) is 4.26. The fraction of sp³-hybridized carbons (Fsp3) is 0.385. The van der Waals surface area contributed by atoms with Crippen molar-refractivity contribution in [2.24, 2.45) is 0 Å². The summed E-state index contributed by atoms with van der Waals surface area (Å²) in [6, 6.07) is 5.98. The highest BCUT2D eigenvalue weighted by Crippen LogP contribution is 2.45. The molecule has 0 spiro atoms. The molecule has 4 rings (SSSR count). The Hall–Kier alpha value is -3.14. The van der Waals surface area contributed by atoms with Gasteiger partial charge in [-0.15, -0.1) is 0 Å². The zero-order chi connectivity index (χ0) is 26.0. The van der Waals surface area contributed by atoms with Crippen LogP contribution in [0, 0.1) is 12.7 Å². The summed E-state index contributed by atoms with van der Waals surface area (Å²) in [6.45, 7) is 7.77. The van der Waals surface area contributed by atoms with E-state index in [-0.39, 0.29) is 16.2 Å². The van der Waals surface area contributed by atoms with Crippen LogP contribution >= 0.6 is 11.6 Å².